The van der Waals surface area contributed by atoms with Gasteiger partial charge in [0.2, 0.25) is 0 Å². The molecule has 1 aliphatic heterocycles. The van der Waals surface area contributed by atoms with Crippen molar-refractivity contribution in [1.82, 2.24) is 15.2 Å². The van der Waals surface area contributed by atoms with E-state index in [1.54, 1.807) is 0 Å². The summed E-state index contributed by atoms with van der Waals surface area (Å²) in [6.45, 7) is 0. The average molecular weight is 209 g/mol. The maximum atomic E-state index is 9.47. The fraction of sp³-hybridized carbons (Fsp3) is 0.444. The summed E-state index contributed by atoms with van der Waals surface area (Å²) in [5, 5.41) is 17.9. The third-order valence-corrected chi connectivity index (χ3v) is 4.72. The van der Waals surface area contributed by atoms with E-state index < -0.39 is 0 Å². The Bertz CT molecular complexity index is 461. The van der Waals surface area contributed by atoms with Crippen molar-refractivity contribution in [2.45, 2.75) is 30.7 Å². The molecule has 2 aliphatic rings. The zero-order valence-corrected chi connectivity index (χ0v) is 8.55. The molecule has 0 spiro atoms. The fourth-order valence-electron chi connectivity index (χ4n) is 2.19. The Morgan fingerprint density at radius 1 is 1.36 bits per heavy atom. The molecule has 1 atom stereocenters. The average Bonchev–Trinajstić information content (AvgIpc) is 2.70. The molecule has 4 nitrogen and oxygen atoms in total. The lowest BCUT2D eigenvalue weighted by Crippen LogP contribution is -1.96. The van der Waals surface area contributed by atoms with Crippen molar-refractivity contribution in [3.63, 3.8) is 0 Å². The summed E-state index contributed by atoms with van der Waals surface area (Å²) in [6.07, 6.45) is 4.63. The van der Waals surface area contributed by atoms with Gasteiger partial charge >= 0.3 is 0 Å². The van der Waals surface area contributed by atoms with Gasteiger partial charge in [-0.3, -0.25) is 0 Å². The molecule has 0 fully saturated rings. The van der Waals surface area contributed by atoms with Gasteiger partial charge in [0, 0.05) is 0 Å². The Hall–Kier alpha value is -1.10. The van der Waals surface area contributed by atoms with Crippen molar-refractivity contribution in [3.8, 4) is 0 Å². The summed E-state index contributed by atoms with van der Waals surface area (Å²) >= 11 is 0. The molecule has 1 unspecified atom stereocenters. The van der Waals surface area contributed by atoms with E-state index in [1.165, 1.54) is 23.3 Å². The molecule has 0 saturated heterocycles. The number of hydrogen-bond donors (Lipinski definition) is 1. The van der Waals surface area contributed by atoms with Crippen LogP contribution in [0.2, 0.25) is 0 Å². The van der Waals surface area contributed by atoms with Crippen LogP contribution in [0.1, 0.15) is 31.4 Å². The number of rotatable bonds is 0. The molecule has 0 bridgehead atoms. The zero-order chi connectivity index (χ0) is 9.71. The lowest BCUT2D eigenvalue weighted by atomic mass is 9.98. The van der Waals surface area contributed by atoms with Crippen molar-refractivity contribution < 1.29 is 5.21 Å². The molecule has 14 heavy (non-hydrogen) atoms. The molecule has 5 heteroatoms. The second-order valence-electron chi connectivity index (χ2n) is 3.63. The Labute approximate surface area is 84.1 Å². The normalized spacial score (nSPS) is 25.0. The predicted octanol–water partition coefficient (Wildman–Crippen LogP) is 1.87. The quantitative estimate of drug-likeness (QED) is 0.524. The van der Waals surface area contributed by atoms with Gasteiger partial charge in [-0.05, 0) is 41.4 Å². The van der Waals surface area contributed by atoms with Crippen molar-refractivity contribution in [2.24, 2.45) is 0 Å². The van der Waals surface area contributed by atoms with Crippen LogP contribution in [0.5, 0.6) is 0 Å². The summed E-state index contributed by atoms with van der Waals surface area (Å²) in [7, 11) is -0.227. The molecular formula is C9H11N3OS. The third-order valence-electron chi connectivity index (χ3n) is 2.85. The highest BCUT2D eigenvalue weighted by atomic mass is 32.2. The summed E-state index contributed by atoms with van der Waals surface area (Å²) in [4.78, 5) is 2.28. The van der Waals surface area contributed by atoms with Gasteiger partial charge in [0.15, 0.2) is 5.03 Å². The molecule has 0 radical (unpaired) electrons. The Morgan fingerprint density at radius 2 is 2.14 bits per heavy atom. The summed E-state index contributed by atoms with van der Waals surface area (Å²) in [5.41, 5.74) is 2.19. The minimum absolute atomic E-state index is 0.227. The lowest BCUT2D eigenvalue weighted by Gasteiger charge is -2.13. The highest BCUT2D eigenvalue weighted by Crippen LogP contribution is 2.52. The molecule has 1 aromatic rings. The van der Waals surface area contributed by atoms with Gasteiger partial charge in [0.1, 0.15) is 5.69 Å². The van der Waals surface area contributed by atoms with Crippen LogP contribution in [0, 0.1) is 0 Å². The molecule has 74 valence electrons. The van der Waals surface area contributed by atoms with E-state index in [4.69, 9.17) is 0 Å². The predicted molar refractivity (Wildman–Crippen MR) is 55.6 cm³/mol. The van der Waals surface area contributed by atoms with Crippen LogP contribution in [0.25, 0.3) is 5.57 Å². The molecule has 1 N–H and O–H groups in total. The van der Waals surface area contributed by atoms with Crippen molar-refractivity contribution in [1.29, 1.82) is 0 Å². The van der Waals surface area contributed by atoms with Crippen LogP contribution in [0.3, 0.4) is 0 Å². The molecule has 0 amide bonds. The van der Waals surface area contributed by atoms with Gasteiger partial charge in [-0.25, -0.2) is 0 Å². The van der Waals surface area contributed by atoms with E-state index in [0.717, 1.165) is 28.4 Å². The molecule has 0 saturated carbocycles. The van der Waals surface area contributed by atoms with Gasteiger partial charge in [-0.2, -0.15) is 0 Å². The van der Waals surface area contributed by atoms with Crippen LogP contribution in [-0.2, 0) is 0 Å². The maximum absolute atomic E-state index is 9.47. The van der Waals surface area contributed by atoms with Crippen LogP contribution >= 0.6 is 10.5 Å². The van der Waals surface area contributed by atoms with Gasteiger partial charge in [0.05, 0.1) is 0 Å². The van der Waals surface area contributed by atoms with Crippen molar-refractivity contribution >= 4 is 21.9 Å². The van der Waals surface area contributed by atoms with E-state index in [1.807, 2.05) is 0 Å². The van der Waals surface area contributed by atoms with Gasteiger partial charge < -0.3 is 5.21 Å². The Morgan fingerprint density at radius 3 is 3.00 bits per heavy atom. The summed E-state index contributed by atoms with van der Waals surface area (Å²) in [5.74, 6) is 4.11. The van der Waals surface area contributed by atoms with Gasteiger partial charge in [0.25, 0.3) is 0 Å². The van der Waals surface area contributed by atoms with Crippen LogP contribution in [-0.4, -0.2) is 26.2 Å². The fourth-order valence-corrected chi connectivity index (χ4v) is 3.94. The van der Waals surface area contributed by atoms with Crippen LogP contribution in [0.15, 0.2) is 9.93 Å². The second kappa shape index (κ2) is 2.70. The first-order chi connectivity index (χ1) is 6.79. The van der Waals surface area contributed by atoms with E-state index >= 15 is 0 Å². The molecule has 1 aliphatic carbocycles. The Kier molecular flexibility index (Phi) is 1.58. The topological polar surface area (TPSA) is 50.9 Å². The minimum atomic E-state index is -0.227. The lowest BCUT2D eigenvalue weighted by molar-refractivity contribution is 0.121. The summed E-state index contributed by atoms with van der Waals surface area (Å²) in [6, 6.07) is 0. The standard InChI is InChI=1S/C9H11N3OS/c1-14-7-5-3-2-4-6(7)8-9(14)12(13)11-10-8/h13H,1-5H2. The number of fused-ring (bicyclic) bond motifs is 2. The van der Waals surface area contributed by atoms with Crippen molar-refractivity contribution in [2.75, 3.05) is 0 Å². The smallest absolute Gasteiger partial charge is 0.162 e. The molecular weight excluding hydrogens is 198 g/mol. The number of aromatic nitrogens is 3. The minimum Gasteiger partial charge on any atom is -0.410 e. The Balaban J connectivity index is 2.23. The maximum Gasteiger partial charge on any atom is 0.162 e. The first-order valence-electron chi connectivity index (χ1n) is 4.70. The highest BCUT2D eigenvalue weighted by Gasteiger charge is 2.31. The van der Waals surface area contributed by atoms with E-state index in [0.29, 0.717) is 0 Å². The SMILES string of the molecule is C=S1C2=C(CCCC2)c2nnn(O)c21. The monoisotopic (exact) mass is 209 g/mol. The van der Waals surface area contributed by atoms with E-state index in [2.05, 4.69) is 16.2 Å². The highest BCUT2D eigenvalue weighted by molar-refractivity contribution is 8.17. The van der Waals surface area contributed by atoms with Gasteiger partial charge in [-0.1, -0.05) is 10.7 Å². The second-order valence-corrected chi connectivity index (χ2v) is 5.29. The largest absolute Gasteiger partial charge is 0.410 e. The van der Waals surface area contributed by atoms with Gasteiger partial charge in [-0.15, -0.1) is 15.6 Å². The van der Waals surface area contributed by atoms with E-state index in [9.17, 15) is 5.21 Å². The van der Waals surface area contributed by atoms with Crippen molar-refractivity contribution in [3.05, 3.63) is 10.6 Å². The third kappa shape index (κ3) is 0.877. The number of hydrogen-bond acceptors (Lipinski definition) is 3. The number of nitrogens with zero attached hydrogens (tertiary/aromatic N) is 3. The summed E-state index contributed by atoms with van der Waals surface area (Å²) < 4.78 is 0. The molecule has 2 heterocycles. The molecule has 3 rings (SSSR count). The first kappa shape index (κ1) is 8.23. The van der Waals surface area contributed by atoms with Crippen LogP contribution < -0.4 is 0 Å². The molecule has 1 aromatic heterocycles. The molecule has 0 aromatic carbocycles. The first-order valence-corrected chi connectivity index (χ1v) is 6.10. The van der Waals surface area contributed by atoms with E-state index in [-0.39, 0.29) is 10.5 Å². The van der Waals surface area contributed by atoms with Crippen LogP contribution in [0.4, 0.5) is 0 Å². The zero-order valence-electron chi connectivity index (χ0n) is 7.73. The number of allylic oxidation sites excluding steroid dienone is 2.